The molecule has 0 spiro atoms. The minimum Gasteiger partial charge on any atom is -0.385 e. The van der Waals surface area contributed by atoms with Gasteiger partial charge in [0.1, 0.15) is 0 Å². The standard InChI is InChI=1S/C18H31N/c1-7-15(8-2)12-19-18-10-9-16(13(3)4)11-17(18)14(5)6/h9-11,13-15,19H,7-8,12H2,1-6H3. The zero-order chi connectivity index (χ0) is 14.4. The summed E-state index contributed by atoms with van der Waals surface area (Å²) >= 11 is 0. The summed E-state index contributed by atoms with van der Waals surface area (Å²) in [4.78, 5) is 0. The lowest BCUT2D eigenvalue weighted by atomic mass is 9.94. The first-order valence-electron chi connectivity index (χ1n) is 7.87. The molecule has 108 valence electrons. The second kappa shape index (κ2) is 7.57. The van der Waals surface area contributed by atoms with E-state index in [1.807, 2.05) is 0 Å². The Kier molecular flexibility index (Phi) is 6.41. The van der Waals surface area contributed by atoms with E-state index in [2.05, 4.69) is 65.1 Å². The van der Waals surface area contributed by atoms with Gasteiger partial charge in [-0.3, -0.25) is 0 Å². The number of benzene rings is 1. The summed E-state index contributed by atoms with van der Waals surface area (Å²) in [6, 6.07) is 6.92. The molecule has 0 radical (unpaired) electrons. The molecule has 0 bridgehead atoms. The van der Waals surface area contributed by atoms with Crippen molar-refractivity contribution in [3.63, 3.8) is 0 Å². The fourth-order valence-corrected chi connectivity index (χ4v) is 2.41. The molecule has 1 aromatic carbocycles. The van der Waals surface area contributed by atoms with Crippen LogP contribution in [0, 0.1) is 5.92 Å². The van der Waals surface area contributed by atoms with Gasteiger partial charge in [0.25, 0.3) is 0 Å². The molecule has 0 atom stereocenters. The highest BCUT2D eigenvalue weighted by molar-refractivity contribution is 5.54. The Morgan fingerprint density at radius 3 is 2.05 bits per heavy atom. The van der Waals surface area contributed by atoms with Gasteiger partial charge < -0.3 is 5.32 Å². The fourth-order valence-electron chi connectivity index (χ4n) is 2.41. The second-order valence-corrected chi connectivity index (χ2v) is 6.22. The van der Waals surface area contributed by atoms with E-state index in [-0.39, 0.29) is 0 Å². The largest absolute Gasteiger partial charge is 0.385 e. The van der Waals surface area contributed by atoms with Crippen molar-refractivity contribution in [2.75, 3.05) is 11.9 Å². The van der Waals surface area contributed by atoms with Crippen LogP contribution in [0.5, 0.6) is 0 Å². The Hall–Kier alpha value is -0.980. The van der Waals surface area contributed by atoms with Crippen LogP contribution in [0.25, 0.3) is 0 Å². The van der Waals surface area contributed by atoms with Crippen molar-refractivity contribution in [3.05, 3.63) is 29.3 Å². The maximum atomic E-state index is 3.66. The predicted molar refractivity (Wildman–Crippen MR) is 87.2 cm³/mol. The summed E-state index contributed by atoms with van der Waals surface area (Å²) in [5.41, 5.74) is 4.22. The molecule has 0 saturated heterocycles. The molecule has 0 aliphatic rings. The molecule has 0 heterocycles. The summed E-state index contributed by atoms with van der Waals surface area (Å²) in [6.07, 6.45) is 2.51. The topological polar surface area (TPSA) is 12.0 Å². The monoisotopic (exact) mass is 261 g/mol. The van der Waals surface area contributed by atoms with Crippen LogP contribution in [-0.2, 0) is 0 Å². The molecule has 0 fully saturated rings. The summed E-state index contributed by atoms with van der Waals surface area (Å²) in [7, 11) is 0. The molecule has 0 aliphatic heterocycles. The lowest BCUT2D eigenvalue weighted by molar-refractivity contribution is 0.519. The molecule has 0 amide bonds. The smallest absolute Gasteiger partial charge is 0.0375 e. The highest BCUT2D eigenvalue weighted by atomic mass is 14.9. The Morgan fingerprint density at radius 2 is 1.58 bits per heavy atom. The highest BCUT2D eigenvalue weighted by Crippen LogP contribution is 2.28. The van der Waals surface area contributed by atoms with Crippen LogP contribution in [0.15, 0.2) is 18.2 Å². The summed E-state index contributed by atoms with van der Waals surface area (Å²) in [5, 5.41) is 3.66. The van der Waals surface area contributed by atoms with Crippen LogP contribution in [-0.4, -0.2) is 6.54 Å². The van der Waals surface area contributed by atoms with Crippen molar-refractivity contribution < 1.29 is 0 Å². The number of hydrogen-bond donors (Lipinski definition) is 1. The van der Waals surface area contributed by atoms with Crippen LogP contribution in [0.3, 0.4) is 0 Å². The van der Waals surface area contributed by atoms with E-state index in [1.165, 1.54) is 29.7 Å². The molecule has 0 saturated carbocycles. The van der Waals surface area contributed by atoms with Crippen molar-refractivity contribution in [2.24, 2.45) is 5.92 Å². The Labute approximate surface area is 119 Å². The molecule has 0 unspecified atom stereocenters. The quantitative estimate of drug-likeness (QED) is 0.656. The van der Waals surface area contributed by atoms with E-state index >= 15 is 0 Å². The van der Waals surface area contributed by atoms with E-state index in [0.717, 1.165) is 12.5 Å². The van der Waals surface area contributed by atoms with Crippen LogP contribution >= 0.6 is 0 Å². The van der Waals surface area contributed by atoms with Crippen molar-refractivity contribution >= 4 is 5.69 Å². The van der Waals surface area contributed by atoms with Gasteiger partial charge in [-0.1, -0.05) is 66.5 Å². The van der Waals surface area contributed by atoms with E-state index in [9.17, 15) is 0 Å². The lowest BCUT2D eigenvalue weighted by Crippen LogP contribution is -2.14. The molecule has 19 heavy (non-hydrogen) atoms. The third-order valence-electron chi connectivity index (χ3n) is 4.10. The summed E-state index contributed by atoms with van der Waals surface area (Å²) in [5.74, 6) is 1.96. The maximum absolute atomic E-state index is 3.66. The number of rotatable bonds is 7. The van der Waals surface area contributed by atoms with Crippen LogP contribution in [0.4, 0.5) is 5.69 Å². The van der Waals surface area contributed by atoms with Crippen molar-refractivity contribution in [1.29, 1.82) is 0 Å². The second-order valence-electron chi connectivity index (χ2n) is 6.22. The van der Waals surface area contributed by atoms with Gasteiger partial charge in [-0.15, -0.1) is 0 Å². The van der Waals surface area contributed by atoms with Crippen LogP contribution < -0.4 is 5.32 Å². The van der Waals surface area contributed by atoms with Crippen molar-refractivity contribution in [1.82, 2.24) is 0 Å². The first-order chi connectivity index (χ1) is 8.99. The van der Waals surface area contributed by atoms with Crippen LogP contribution in [0.2, 0.25) is 0 Å². The van der Waals surface area contributed by atoms with Gasteiger partial charge >= 0.3 is 0 Å². The number of hydrogen-bond acceptors (Lipinski definition) is 1. The van der Waals surface area contributed by atoms with Gasteiger partial charge in [0.15, 0.2) is 0 Å². The number of anilines is 1. The molecule has 0 aromatic heterocycles. The van der Waals surface area contributed by atoms with Crippen molar-refractivity contribution in [3.8, 4) is 0 Å². The first-order valence-corrected chi connectivity index (χ1v) is 7.87. The first kappa shape index (κ1) is 16.1. The summed E-state index contributed by atoms with van der Waals surface area (Å²) < 4.78 is 0. The zero-order valence-corrected chi connectivity index (χ0v) is 13.6. The highest BCUT2D eigenvalue weighted by Gasteiger charge is 2.11. The molecule has 1 aromatic rings. The van der Waals surface area contributed by atoms with E-state index in [4.69, 9.17) is 0 Å². The zero-order valence-electron chi connectivity index (χ0n) is 13.6. The minimum atomic E-state index is 0.572. The minimum absolute atomic E-state index is 0.572. The predicted octanol–water partition coefficient (Wildman–Crippen LogP) is 5.78. The third-order valence-corrected chi connectivity index (χ3v) is 4.10. The Balaban J connectivity index is 2.88. The van der Waals surface area contributed by atoms with Crippen molar-refractivity contribution in [2.45, 2.75) is 66.2 Å². The Bertz CT molecular complexity index is 375. The van der Waals surface area contributed by atoms with E-state index in [0.29, 0.717) is 11.8 Å². The van der Waals surface area contributed by atoms with Crippen LogP contribution in [0.1, 0.15) is 77.3 Å². The van der Waals surface area contributed by atoms with Gasteiger partial charge in [-0.05, 0) is 34.9 Å². The molecular weight excluding hydrogens is 230 g/mol. The molecule has 1 N–H and O–H groups in total. The van der Waals surface area contributed by atoms with Gasteiger partial charge in [0.2, 0.25) is 0 Å². The van der Waals surface area contributed by atoms with E-state index < -0.39 is 0 Å². The maximum Gasteiger partial charge on any atom is 0.0375 e. The Morgan fingerprint density at radius 1 is 0.947 bits per heavy atom. The molecule has 0 aliphatic carbocycles. The SMILES string of the molecule is CCC(CC)CNc1ccc(C(C)C)cc1C(C)C. The fraction of sp³-hybridized carbons (Fsp3) is 0.667. The third kappa shape index (κ3) is 4.56. The molecular formula is C18H31N. The molecule has 1 heteroatoms. The normalized spacial score (nSPS) is 11.6. The number of nitrogens with one attached hydrogen (secondary N) is 1. The average molecular weight is 261 g/mol. The van der Waals surface area contributed by atoms with Gasteiger partial charge in [0, 0.05) is 12.2 Å². The van der Waals surface area contributed by atoms with Gasteiger partial charge in [-0.2, -0.15) is 0 Å². The molecule has 1 rings (SSSR count). The summed E-state index contributed by atoms with van der Waals surface area (Å²) in [6.45, 7) is 14.7. The van der Waals surface area contributed by atoms with Gasteiger partial charge in [-0.25, -0.2) is 0 Å². The lowest BCUT2D eigenvalue weighted by Gasteiger charge is -2.20. The average Bonchev–Trinajstić information content (AvgIpc) is 2.39. The van der Waals surface area contributed by atoms with Gasteiger partial charge in [0.05, 0.1) is 0 Å². The van der Waals surface area contributed by atoms with E-state index in [1.54, 1.807) is 0 Å². The molecule has 1 nitrogen and oxygen atoms in total.